The number of ether oxygens (including phenoxy) is 1. The molecule has 0 bridgehead atoms. The highest BCUT2D eigenvalue weighted by atomic mass is 19.1. The number of rotatable bonds is 8. The average Bonchev–Trinajstić information content (AvgIpc) is 3.47. The zero-order valence-electron chi connectivity index (χ0n) is 16.5. The Bertz CT molecular complexity index is 1060. The number of aryl methyl sites for hydroxylation is 1. The van der Waals surface area contributed by atoms with E-state index in [0.717, 1.165) is 12.8 Å². The van der Waals surface area contributed by atoms with Gasteiger partial charge in [0.2, 0.25) is 5.88 Å². The summed E-state index contributed by atoms with van der Waals surface area (Å²) in [5.41, 5.74) is 2.86. The Morgan fingerprint density at radius 1 is 1.37 bits per heavy atom. The molecular formula is C22H22FN3O4. The molecule has 1 amide bonds. The monoisotopic (exact) mass is 411 g/mol. The first-order valence-corrected chi connectivity index (χ1v) is 9.75. The number of carbonyl (C=O) groups excluding carboxylic acids is 1. The van der Waals surface area contributed by atoms with Gasteiger partial charge in [0.05, 0.1) is 13.2 Å². The second-order valence-electron chi connectivity index (χ2n) is 7.44. The number of nitrogens with one attached hydrogen (secondary N) is 1. The Morgan fingerprint density at radius 3 is 2.93 bits per heavy atom. The minimum absolute atomic E-state index is 0.161. The van der Waals surface area contributed by atoms with Crippen LogP contribution in [0.3, 0.4) is 0 Å². The largest absolute Gasteiger partial charge is 0.477 e. The van der Waals surface area contributed by atoms with Crippen LogP contribution in [0.15, 0.2) is 41.2 Å². The maximum absolute atomic E-state index is 13.8. The van der Waals surface area contributed by atoms with Crippen molar-refractivity contribution in [2.45, 2.75) is 32.9 Å². The molecule has 2 N–H and O–H groups in total. The van der Waals surface area contributed by atoms with E-state index in [-0.39, 0.29) is 30.4 Å². The van der Waals surface area contributed by atoms with Gasteiger partial charge in [-0.1, -0.05) is 17.3 Å². The zero-order valence-corrected chi connectivity index (χ0v) is 16.5. The first kappa shape index (κ1) is 20.0. The SMILES string of the molecule is Cc1ccc(CNC(=O)c2cc(-c3nocc3CO)cnc2OCC2CC2)cc1F. The number of amides is 1. The number of aromatic nitrogens is 2. The number of carbonyl (C=O) groups is 1. The van der Waals surface area contributed by atoms with Crippen LogP contribution in [0.5, 0.6) is 5.88 Å². The van der Waals surface area contributed by atoms with Gasteiger partial charge in [0.1, 0.15) is 23.3 Å². The van der Waals surface area contributed by atoms with Gasteiger partial charge in [-0.3, -0.25) is 4.79 Å². The molecule has 2 aromatic heterocycles. The van der Waals surface area contributed by atoms with Gasteiger partial charge in [-0.15, -0.1) is 0 Å². The molecule has 4 rings (SSSR count). The Hall–Kier alpha value is -3.26. The van der Waals surface area contributed by atoms with Crippen molar-refractivity contribution >= 4 is 5.91 Å². The molecule has 1 aliphatic rings. The molecule has 7 nitrogen and oxygen atoms in total. The lowest BCUT2D eigenvalue weighted by Crippen LogP contribution is -2.24. The van der Waals surface area contributed by atoms with Gasteiger partial charge < -0.3 is 19.7 Å². The Balaban J connectivity index is 1.57. The van der Waals surface area contributed by atoms with Gasteiger partial charge in [0.25, 0.3) is 5.91 Å². The third kappa shape index (κ3) is 4.49. The quantitative estimate of drug-likeness (QED) is 0.590. The van der Waals surface area contributed by atoms with Gasteiger partial charge in [-0.2, -0.15) is 0 Å². The number of aliphatic hydroxyl groups excluding tert-OH is 1. The summed E-state index contributed by atoms with van der Waals surface area (Å²) in [5.74, 6) is 0.00772. The smallest absolute Gasteiger partial charge is 0.257 e. The molecule has 0 atom stereocenters. The van der Waals surface area contributed by atoms with E-state index in [4.69, 9.17) is 9.26 Å². The van der Waals surface area contributed by atoms with Crippen molar-refractivity contribution in [3.8, 4) is 17.1 Å². The second kappa shape index (κ2) is 8.62. The fraction of sp³-hybridized carbons (Fsp3) is 0.318. The molecule has 3 aromatic rings. The predicted octanol–water partition coefficient (Wildman–Crippen LogP) is 3.40. The number of nitrogens with zero attached hydrogens (tertiary/aromatic N) is 2. The summed E-state index contributed by atoms with van der Waals surface area (Å²) in [7, 11) is 0. The van der Waals surface area contributed by atoms with Gasteiger partial charge in [0.15, 0.2) is 0 Å². The van der Waals surface area contributed by atoms with Crippen molar-refractivity contribution in [1.29, 1.82) is 0 Å². The lowest BCUT2D eigenvalue weighted by molar-refractivity contribution is 0.0945. The van der Waals surface area contributed by atoms with E-state index in [1.54, 1.807) is 25.1 Å². The molecule has 156 valence electrons. The van der Waals surface area contributed by atoms with E-state index in [9.17, 15) is 14.3 Å². The second-order valence-corrected chi connectivity index (χ2v) is 7.44. The number of hydrogen-bond donors (Lipinski definition) is 2. The maximum Gasteiger partial charge on any atom is 0.257 e. The third-order valence-electron chi connectivity index (χ3n) is 5.02. The number of halogens is 1. The van der Waals surface area contributed by atoms with Crippen LogP contribution >= 0.6 is 0 Å². The molecule has 0 unspecified atom stereocenters. The van der Waals surface area contributed by atoms with Crippen molar-refractivity contribution in [2.24, 2.45) is 5.92 Å². The normalized spacial score (nSPS) is 13.3. The fourth-order valence-corrected chi connectivity index (χ4v) is 2.97. The molecule has 0 radical (unpaired) electrons. The molecule has 8 heteroatoms. The first-order valence-electron chi connectivity index (χ1n) is 9.75. The van der Waals surface area contributed by atoms with Crippen molar-refractivity contribution in [3.63, 3.8) is 0 Å². The lowest BCUT2D eigenvalue weighted by atomic mass is 10.1. The number of hydrogen-bond acceptors (Lipinski definition) is 6. The fourth-order valence-electron chi connectivity index (χ4n) is 2.97. The molecular weight excluding hydrogens is 389 g/mol. The molecule has 1 aliphatic carbocycles. The van der Waals surface area contributed by atoms with E-state index in [0.29, 0.717) is 40.5 Å². The summed E-state index contributed by atoms with van der Waals surface area (Å²) in [6, 6.07) is 6.44. The van der Waals surface area contributed by atoms with E-state index in [1.807, 2.05) is 0 Å². The minimum Gasteiger partial charge on any atom is -0.477 e. The Kier molecular flexibility index (Phi) is 5.76. The highest BCUT2D eigenvalue weighted by Gasteiger charge is 2.24. The lowest BCUT2D eigenvalue weighted by Gasteiger charge is -2.12. The van der Waals surface area contributed by atoms with Crippen LogP contribution in [-0.4, -0.2) is 27.8 Å². The van der Waals surface area contributed by atoms with E-state index in [2.05, 4.69) is 15.5 Å². The standard InChI is InChI=1S/C22H22FN3O4/c1-13-2-3-15(6-19(13)23)8-24-21(28)18-7-16(20-17(10-27)12-30-26-20)9-25-22(18)29-11-14-4-5-14/h2-3,6-7,9,12,14,27H,4-5,8,10-11H2,1H3,(H,24,28). The average molecular weight is 411 g/mol. The predicted molar refractivity (Wildman–Crippen MR) is 106 cm³/mol. The van der Waals surface area contributed by atoms with E-state index < -0.39 is 5.91 Å². The molecule has 1 saturated carbocycles. The van der Waals surface area contributed by atoms with Crippen LogP contribution in [0.4, 0.5) is 4.39 Å². The summed E-state index contributed by atoms with van der Waals surface area (Å²) in [5, 5.41) is 16.1. The molecule has 0 saturated heterocycles. The Morgan fingerprint density at radius 2 is 2.20 bits per heavy atom. The minimum atomic E-state index is -0.398. The van der Waals surface area contributed by atoms with Gasteiger partial charge in [0, 0.05) is 23.9 Å². The highest BCUT2D eigenvalue weighted by Crippen LogP contribution is 2.31. The Labute approximate surface area is 172 Å². The van der Waals surface area contributed by atoms with Gasteiger partial charge in [-0.05, 0) is 48.9 Å². The number of aliphatic hydroxyl groups is 1. The molecule has 30 heavy (non-hydrogen) atoms. The maximum atomic E-state index is 13.8. The summed E-state index contributed by atoms with van der Waals surface area (Å²) < 4.78 is 24.5. The molecule has 1 aromatic carbocycles. The summed E-state index contributed by atoms with van der Waals surface area (Å²) in [4.78, 5) is 17.2. The van der Waals surface area contributed by atoms with Crippen LogP contribution in [0.25, 0.3) is 11.3 Å². The highest BCUT2D eigenvalue weighted by molar-refractivity contribution is 5.97. The molecule has 2 heterocycles. The van der Waals surface area contributed by atoms with Gasteiger partial charge >= 0.3 is 0 Å². The summed E-state index contributed by atoms with van der Waals surface area (Å²) in [6.07, 6.45) is 5.10. The summed E-state index contributed by atoms with van der Waals surface area (Å²) in [6.45, 7) is 2.10. The zero-order chi connectivity index (χ0) is 21.1. The van der Waals surface area contributed by atoms with Crippen LogP contribution in [0.1, 0.15) is 39.9 Å². The van der Waals surface area contributed by atoms with E-state index in [1.165, 1.54) is 18.5 Å². The van der Waals surface area contributed by atoms with Crippen LogP contribution < -0.4 is 10.1 Å². The topological polar surface area (TPSA) is 97.5 Å². The van der Waals surface area contributed by atoms with E-state index >= 15 is 0 Å². The van der Waals surface area contributed by atoms with Crippen LogP contribution in [-0.2, 0) is 13.2 Å². The number of pyridine rings is 1. The van der Waals surface area contributed by atoms with Crippen molar-refractivity contribution < 1.29 is 23.6 Å². The van der Waals surface area contributed by atoms with Crippen molar-refractivity contribution in [1.82, 2.24) is 15.5 Å². The van der Waals surface area contributed by atoms with Crippen LogP contribution in [0, 0.1) is 18.7 Å². The van der Waals surface area contributed by atoms with Crippen molar-refractivity contribution in [2.75, 3.05) is 6.61 Å². The summed E-state index contributed by atoms with van der Waals surface area (Å²) >= 11 is 0. The molecule has 0 spiro atoms. The van der Waals surface area contributed by atoms with Crippen molar-refractivity contribution in [3.05, 3.63) is 64.8 Å². The van der Waals surface area contributed by atoms with Gasteiger partial charge in [-0.25, -0.2) is 9.37 Å². The van der Waals surface area contributed by atoms with Crippen LogP contribution in [0.2, 0.25) is 0 Å². The third-order valence-corrected chi connectivity index (χ3v) is 5.02. The molecule has 0 aliphatic heterocycles. The molecule has 1 fully saturated rings. The first-order chi connectivity index (χ1) is 14.5. The number of benzene rings is 1.